The third-order valence-corrected chi connectivity index (χ3v) is 4.79. The van der Waals surface area contributed by atoms with E-state index in [0.717, 1.165) is 29.4 Å². The molecule has 1 atom stereocenters. The number of para-hydroxylation sites is 1. The summed E-state index contributed by atoms with van der Waals surface area (Å²) in [4.78, 5) is 0. The van der Waals surface area contributed by atoms with Crippen LogP contribution < -0.4 is 5.32 Å². The van der Waals surface area contributed by atoms with Crippen molar-refractivity contribution in [3.05, 3.63) is 64.1 Å². The normalized spacial score (nSPS) is 21.3. The Balaban J connectivity index is 1.89. The number of nitrogens with one attached hydrogen (secondary N) is 1. The fraction of sp³-hybridized carbons (Fsp3) is 0.294. The minimum Gasteiger partial charge on any atom is -0.394 e. The first kappa shape index (κ1) is 13.7. The van der Waals surface area contributed by atoms with E-state index in [1.807, 2.05) is 24.3 Å². The second-order valence-electron chi connectivity index (χ2n) is 5.49. The molecule has 0 saturated carbocycles. The van der Waals surface area contributed by atoms with Gasteiger partial charge in [-0.1, -0.05) is 36.4 Å². The molecular formula is C17H18BrNO. The van der Waals surface area contributed by atoms with Crippen molar-refractivity contribution in [1.29, 1.82) is 0 Å². The lowest BCUT2D eigenvalue weighted by Gasteiger charge is -2.38. The zero-order valence-electron chi connectivity index (χ0n) is 11.3. The first-order chi connectivity index (χ1) is 9.72. The maximum atomic E-state index is 9.94. The van der Waals surface area contributed by atoms with Crippen molar-refractivity contribution in [2.75, 3.05) is 11.9 Å². The van der Waals surface area contributed by atoms with Gasteiger partial charge in [-0.2, -0.15) is 0 Å². The molecule has 0 radical (unpaired) electrons. The Kier molecular flexibility index (Phi) is 3.81. The maximum absolute atomic E-state index is 9.94. The SMILES string of the molecule is OCC1(Nc2ccccc2Br)CCc2ccccc2C1. The predicted octanol–water partition coefficient (Wildman–Crippen LogP) is 3.78. The van der Waals surface area contributed by atoms with E-state index in [9.17, 15) is 5.11 Å². The van der Waals surface area contributed by atoms with Crippen LogP contribution in [0.25, 0.3) is 0 Å². The molecule has 3 rings (SSSR count). The van der Waals surface area contributed by atoms with E-state index in [1.165, 1.54) is 11.1 Å². The quantitative estimate of drug-likeness (QED) is 0.897. The van der Waals surface area contributed by atoms with Crippen LogP contribution >= 0.6 is 15.9 Å². The van der Waals surface area contributed by atoms with Gasteiger partial charge in [0.2, 0.25) is 0 Å². The van der Waals surface area contributed by atoms with Crippen LogP contribution in [0.3, 0.4) is 0 Å². The second-order valence-corrected chi connectivity index (χ2v) is 6.34. The standard InChI is InChI=1S/C17H18BrNO/c18-15-7-3-4-8-16(15)19-17(12-20)10-9-13-5-1-2-6-14(13)11-17/h1-8,19-20H,9-12H2. The summed E-state index contributed by atoms with van der Waals surface area (Å²) >= 11 is 3.56. The molecule has 2 aromatic rings. The zero-order chi connectivity index (χ0) is 14.0. The Morgan fingerprint density at radius 2 is 1.75 bits per heavy atom. The lowest BCUT2D eigenvalue weighted by Crippen LogP contribution is -2.47. The van der Waals surface area contributed by atoms with Gasteiger partial charge in [0.1, 0.15) is 0 Å². The molecule has 2 nitrogen and oxygen atoms in total. The van der Waals surface area contributed by atoms with Gasteiger partial charge in [0.25, 0.3) is 0 Å². The molecule has 1 aliphatic rings. The largest absolute Gasteiger partial charge is 0.394 e. The maximum Gasteiger partial charge on any atom is 0.0664 e. The van der Waals surface area contributed by atoms with E-state index in [2.05, 4.69) is 45.5 Å². The number of aryl methyl sites for hydroxylation is 1. The number of aliphatic hydroxyl groups excluding tert-OH is 1. The third kappa shape index (κ3) is 2.60. The Labute approximate surface area is 128 Å². The van der Waals surface area contributed by atoms with Gasteiger partial charge in [-0.3, -0.25) is 0 Å². The first-order valence-corrected chi connectivity index (χ1v) is 7.72. The summed E-state index contributed by atoms with van der Waals surface area (Å²) in [5, 5.41) is 13.5. The van der Waals surface area contributed by atoms with Crippen molar-refractivity contribution >= 4 is 21.6 Å². The molecule has 104 valence electrons. The summed E-state index contributed by atoms with van der Waals surface area (Å²) < 4.78 is 1.03. The number of aliphatic hydroxyl groups is 1. The molecule has 0 amide bonds. The molecule has 0 saturated heterocycles. The highest BCUT2D eigenvalue weighted by atomic mass is 79.9. The summed E-state index contributed by atoms with van der Waals surface area (Å²) in [6.07, 6.45) is 2.82. The molecule has 0 aromatic heterocycles. The van der Waals surface area contributed by atoms with Crippen LogP contribution in [-0.4, -0.2) is 17.3 Å². The molecule has 1 unspecified atom stereocenters. The Hall–Kier alpha value is -1.32. The summed E-state index contributed by atoms with van der Waals surface area (Å²) in [6.45, 7) is 0.142. The van der Waals surface area contributed by atoms with Crippen LogP contribution in [0, 0.1) is 0 Å². The Bertz CT molecular complexity index is 613. The molecule has 0 fully saturated rings. The van der Waals surface area contributed by atoms with Crippen LogP contribution in [0.1, 0.15) is 17.5 Å². The fourth-order valence-electron chi connectivity index (χ4n) is 2.93. The van der Waals surface area contributed by atoms with Crippen molar-refractivity contribution in [3.63, 3.8) is 0 Å². The van der Waals surface area contributed by atoms with E-state index in [1.54, 1.807) is 0 Å². The number of halogens is 1. The Morgan fingerprint density at radius 1 is 1.05 bits per heavy atom. The van der Waals surface area contributed by atoms with Gasteiger partial charge in [-0.25, -0.2) is 0 Å². The first-order valence-electron chi connectivity index (χ1n) is 6.93. The van der Waals surface area contributed by atoms with Gasteiger partial charge >= 0.3 is 0 Å². The molecule has 20 heavy (non-hydrogen) atoms. The van der Waals surface area contributed by atoms with Crippen molar-refractivity contribution < 1.29 is 5.11 Å². The number of hydrogen-bond donors (Lipinski definition) is 2. The van der Waals surface area contributed by atoms with Gasteiger partial charge in [0, 0.05) is 10.2 Å². The minimum atomic E-state index is -0.266. The van der Waals surface area contributed by atoms with Crippen molar-refractivity contribution in [3.8, 4) is 0 Å². The van der Waals surface area contributed by atoms with Crippen LogP contribution in [0.4, 0.5) is 5.69 Å². The third-order valence-electron chi connectivity index (χ3n) is 4.10. The smallest absolute Gasteiger partial charge is 0.0664 e. The number of anilines is 1. The van der Waals surface area contributed by atoms with E-state index >= 15 is 0 Å². The molecule has 0 spiro atoms. The highest BCUT2D eigenvalue weighted by molar-refractivity contribution is 9.10. The molecule has 1 aliphatic carbocycles. The van der Waals surface area contributed by atoms with Crippen LogP contribution in [-0.2, 0) is 12.8 Å². The van der Waals surface area contributed by atoms with Crippen molar-refractivity contribution in [2.45, 2.75) is 24.8 Å². The number of hydrogen-bond acceptors (Lipinski definition) is 2. The molecule has 0 bridgehead atoms. The Morgan fingerprint density at radius 3 is 2.50 bits per heavy atom. The molecule has 0 heterocycles. The van der Waals surface area contributed by atoms with Crippen LogP contribution in [0.5, 0.6) is 0 Å². The predicted molar refractivity (Wildman–Crippen MR) is 86.0 cm³/mol. The van der Waals surface area contributed by atoms with Gasteiger partial charge in [0.15, 0.2) is 0 Å². The topological polar surface area (TPSA) is 32.3 Å². The van der Waals surface area contributed by atoms with Gasteiger partial charge < -0.3 is 10.4 Å². The lowest BCUT2D eigenvalue weighted by atomic mass is 9.78. The average Bonchev–Trinajstić information content (AvgIpc) is 2.49. The molecular weight excluding hydrogens is 314 g/mol. The van der Waals surface area contributed by atoms with E-state index in [0.29, 0.717) is 0 Å². The fourth-order valence-corrected chi connectivity index (χ4v) is 3.31. The van der Waals surface area contributed by atoms with Crippen LogP contribution in [0.15, 0.2) is 53.0 Å². The van der Waals surface area contributed by atoms with Crippen molar-refractivity contribution in [1.82, 2.24) is 0 Å². The summed E-state index contributed by atoms with van der Waals surface area (Å²) in [5.41, 5.74) is 3.52. The van der Waals surface area contributed by atoms with E-state index in [-0.39, 0.29) is 12.1 Å². The summed E-state index contributed by atoms with van der Waals surface area (Å²) in [5.74, 6) is 0. The molecule has 2 N–H and O–H groups in total. The highest BCUT2D eigenvalue weighted by Gasteiger charge is 2.34. The molecule has 3 heteroatoms. The highest BCUT2D eigenvalue weighted by Crippen LogP contribution is 2.33. The zero-order valence-corrected chi connectivity index (χ0v) is 12.9. The monoisotopic (exact) mass is 331 g/mol. The van der Waals surface area contributed by atoms with Gasteiger partial charge in [-0.15, -0.1) is 0 Å². The van der Waals surface area contributed by atoms with Gasteiger partial charge in [0.05, 0.1) is 12.1 Å². The molecule has 0 aliphatic heterocycles. The summed E-state index contributed by atoms with van der Waals surface area (Å²) in [6, 6.07) is 16.6. The average molecular weight is 332 g/mol. The second kappa shape index (κ2) is 5.58. The van der Waals surface area contributed by atoms with E-state index < -0.39 is 0 Å². The minimum absolute atomic E-state index is 0.142. The lowest BCUT2D eigenvalue weighted by molar-refractivity contribution is 0.196. The van der Waals surface area contributed by atoms with Crippen LogP contribution in [0.2, 0.25) is 0 Å². The molecule has 2 aromatic carbocycles. The van der Waals surface area contributed by atoms with Gasteiger partial charge in [-0.05, 0) is 58.5 Å². The number of benzene rings is 2. The number of fused-ring (bicyclic) bond motifs is 1. The number of rotatable bonds is 3. The van der Waals surface area contributed by atoms with Crippen molar-refractivity contribution in [2.24, 2.45) is 0 Å². The van der Waals surface area contributed by atoms with E-state index in [4.69, 9.17) is 0 Å². The summed E-state index contributed by atoms with van der Waals surface area (Å²) in [7, 11) is 0.